The zero-order valence-corrected chi connectivity index (χ0v) is 13.3. The van der Waals surface area contributed by atoms with E-state index in [4.69, 9.17) is 0 Å². The summed E-state index contributed by atoms with van der Waals surface area (Å²) in [7, 11) is -3.96. The molecule has 0 atom stereocenters. The van der Waals surface area contributed by atoms with E-state index in [1.54, 1.807) is 11.4 Å². The highest BCUT2D eigenvalue weighted by atomic mass is 32.2. The number of rotatable bonds is 6. The van der Waals surface area contributed by atoms with Gasteiger partial charge in [0.15, 0.2) is 5.13 Å². The molecule has 0 unspecified atom stereocenters. The summed E-state index contributed by atoms with van der Waals surface area (Å²) in [5.41, 5.74) is 0.689. The molecule has 2 aromatic rings. The molecular formula is C13H16FN3O2S2. The molecule has 0 radical (unpaired) electrons. The van der Waals surface area contributed by atoms with Crippen molar-refractivity contribution in [3.8, 4) is 0 Å². The minimum Gasteiger partial charge on any atom is -0.310 e. The Morgan fingerprint density at radius 3 is 2.71 bits per heavy atom. The van der Waals surface area contributed by atoms with E-state index in [0.717, 1.165) is 11.3 Å². The molecule has 8 heteroatoms. The highest BCUT2D eigenvalue weighted by Gasteiger charge is 2.20. The molecule has 1 aromatic heterocycles. The van der Waals surface area contributed by atoms with Crippen LogP contribution in [-0.4, -0.2) is 19.4 Å². The maximum absolute atomic E-state index is 14.0. The maximum atomic E-state index is 14.0. The van der Waals surface area contributed by atoms with Crippen molar-refractivity contribution >= 4 is 26.5 Å². The Labute approximate surface area is 127 Å². The summed E-state index contributed by atoms with van der Waals surface area (Å²) in [6, 6.07) is 4.35. The Morgan fingerprint density at radius 2 is 2.14 bits per heavy atom. The average Bonchev–Trinajstić information content (AvgIpc) is 2.88. The van der Waals surface area contributed by atoms with Gasteiger partial charge in [-0.05, 0) is 17.7 Å². The second kappa shape index (κ2) is 6.50. The van der Waals surface area contributed by atoms with E-state index in [-0.39, 0.29) is 16.1 Å². The lowest BCUT2D eigenvalue weighted by molar-refractivity contribution is 0.560. The first kappa shape index (κ1) is 15.9. The van der Waals surface area contributed by atoms with E-state index >= 15 is 0 Å². The first-order chi connectivity index (χ1) is 9.88. The van der Waals surface area contributed by atoms with Crippen molar-refractivity contribution in [3.63, 3.8) is 0 Å². The van der Waals surface area contributed by atoms with Crippen molar-refractivity contribution in [3.05, 3.63) is 41.2 Å². The van der Waals surface area contributed by atoms with Crippen molar-refractivity contribution in [2.24, 2.45) is 0 Å². The summed E-state index contributed by atoms with van der Waals surface area (Å²) in [6.07, 6.45) is 1.47. The van der Waals surface area contributed by atoms with Gasteiger partial charge in [0.25, 0.3) is 10.0 Å². The third kappa shape index (κ3) is 4.23. The molecule has 0 bridgehead atoms. The van der Waals surface area contributed by atoms with Gasteiger partial charge in [0, 0.05) is 24.2 Å². The summed E-state index contributed by atoms with van der Waals surface area (Å²) in [6.45, 7) is 4.44. The van der Waals surface area contributed by atoms with Gasteiger partial charge >= 0.3 is 0 Å². The minimum atomic E-state index is -3.96. The third-order valence-electron chi connectivity index (χ3n) is 2.65. The van der Waals surface area contributed by atoms with Crippen LogP contribution in [0.15, 0.2) is 34.7 Å². The number of benzene rings is 1. The fraction of sp³-hybridized carbons (Fsp3) is 0.308. The highest BCUT2D eigenvalue weighted by molar-refractivity contribution is 7.93. The summed E-state index contributed by atoms with van der Waals surface area (Å²) in [4.78, 5) is 3.44. The fourth-order valence-electron chi connectivity index (χ4n) is 1.64. The highest BCUT2D eigenvalue weighted by Crippen LogP contribution is 2.21. The topological polar surface area (TPSA) is 71.1 Å². The smallest absolute Gasteiger partial charge is 0.266 e. The molecule has 0 saturated heterocycles. The third-order valence-corrected chi connectivity index (χ3v) is 4.84. The predicted octanol–water partition coefficient (Wildman–Crippen LogP) is 2.58. The van der Waals surface area contributed by atoms with Gasteiger partial charge in [0.1, 0.15) is 10.7 Å². The van der Waals surface area contributed by atoms with Crippen molar-refractivity contribution < 1.29 is 12.8 Å². The number of hydrogen-bond acceptors (Lipinski definition) is 5. The Bertz CT molecular complexity index is 700. The van der Waals surface area contributed by atoms with Gasteiger partial charge in [0.05, 0.1) is 0 Å². The molecule has 1 aromatic carbocycles. The van der Waals surface area contributed by atoms with Crippen molar-refractivity contribution in [1.82, 2.24) is 10.3 Å². The first-order valence-corrected chi connectivity index (χ1v) is 8.69. The lowest BCUT2D eigenvalue weighted by atomic mass is 10.2. The van der Waals surface area contributed by atoms with Crippen LogP contribution in [-0.2, 0) is 16.6 Å². The largest absolute Gasteiger partial charge is 0.310 e. The normalized spacial score (nSPS) is 11.8. The molecular weight excluding hydrogens is 313 g/mol. The Morgan fingerprint density at radius 1 is 1.38 bits per heavy atom. The SMILES string of the molecule is CC(C)NCc1ccc(S(=O)(=O)Nc2nccs2)c(F)c1. The second-order valence-corrected chi connectivity index (χ2v) is 7.29. The zero-order chi connectivity index (χ0) is 15.5. The lowest BCUT2D eigenvalue weighted by Gasteiger charge is -2.10. The van der Waals surface area contributed by atoms with E-state index in [0.29, 0.717) is 12.1 Å². The molecule has 114 valence electrons. The van der Waals surface area contributed by atoms with Gasteiger partial charge in [-0.15, -0.1) is 11.3 Å². The van der Waals surface area contributed by atoms with Crippen LogP contribution in [0, 0.1) is 5.82 Å². The van der Waals surface area contributed by atoms with Crippen LogP contribution in [0.2, 0.25) is 0 Å². The number of thiazole rings is 1. The molecule has 0 spiro atoms. The number of aromatic nitrogens is 1. The Balaban J connectivity index is 2.20. The molecule has 0 fully saturated rings. The molecule has 2 rings (SSSR count). The van der Waals surface area contributed by atoms with Crippen molar-refractivity contribution in [2.75, 3.05) is 4.72 Å². The Hall–Kier alpha value is -1.51. The predicted molar refractivity (Wildman–Crippen MR) is 81.3 cm³/mol. The van der Waals surface area contributed by atoms with E-state index in [1.807, 2.05) is 13.8 Å². The molecule has 2 N–H and O–H groups in total. The number of nitrogens with zero attached hydrogens (tertiary/aromatic N) is 1. The van der Waals surface area contributed by atoms with Crippen LogP contribution in [0.1, 0.15) is 19.4 Å². The standard InChI is InChI=1S/C13H16FN3O2S2/c1-9(2)16-8-10-3-4-12(11(14)7-10)21(18,19)17-13-15-5-6-20-13/h3-7,9,16H,8H2,1-2H3,(H,15,17). The molecule has 1 heterocycles. The van der Waals surface area contributed by atoms with Crippen LogP contribution < -0.4 is 10.0 Å². The van der Waals surface area contributed by atoms with Crippen LogP contribution in [0.4, 0.5) is 9.52 Å². The molecule has 0 aliphatic heterocycles. The average molecular weight is 329 g/mol. The quantitative estimate of drug-likeness (QED) is 0.854. The van der Waals surface area contributed by atoms with Crippen LogP contribution >= 0.6 is 11.3 Å². The van der Waals surface area contributed by atoms with Gasteiger partial charge in [0.2, 0.25) is 0 Å². The maximum Gasteiger partial charge on any atom is 0.266 e. The first-order valence-electron chi connectivity index (χ1n) is 6.32. The summed E-state index contributed by atoms with van der Waals surface area (Å²) < 4.78 is 40.5. The van der Waals surface area contributed by atoms with E-state index in [1.165, 1.54) is 18.3 Å². The molecule has 0 aliphatic rings. The molecule has 21 heavy (non-hydrogen) atoms. The van der Waals surface area contributed by atoms with Crippen LogP contribution in [0.25, 0.3) is 0 Å². The molecule has 0 saturated carbocycles. The van der Waals surface area contributed by atoms with Gasteiger partial charge in [-0.1, -0.05) is 19.9 Å². The molecule has 0 aliphatic carbocycles. The van der Waals surface area contributed by atoms with Gasteiger partial charge in [-0.3, -0.25) is 4.72 Å². The number of anilines is 1. The fourth-order valence-corrected chi connectivity index (χ4v) is 3.49. The molecule has 5 nitrogen and oxygen atoms in total. The monoisotopic (exact) mass is 329 g/mol. The second-order valence-electron chi connectivity index (χ2n) is 4.74. The number of hydrogen-bond donors (Lipinski definition) is 2. The number of halogens is 1. The summed E-state index contributed by atoms with van der Waals surface area (Å²) >= 11 is 1.13. The van der Waals surface area contributed by atoms with Crippen LogP contribution in [0.5, 0.6) is 0 Å². The van der Waals surface area contributed by atoms with Gasteiger partial charge < -0.3 is 5.32 Å². The lowest BCUT2D eigenvalue weighted by Crippen LogP contribution is -2.22. The summed E-state index contributed by atoms with van der Waals surface area (Å²) in [5.74, 6) is -0.776. The minimum absolute atomic E-state index is 0.208. The van der Waals surface area contributed by atoms with Gasteiger partial charge in [-0.2, -0.15) is 0 Å². The summed E-state index contributed by atoms with van der Waals surface area (Å²) in [5, 5.41) is 4.99. The zero-order valence-electron chi connectivity index (χ0n) is 11.6. The van der Waals surface area contributed by atoms with Crippen molar-refractivity contribution in [2.45, 2.75) is 31.3 Å². The molecule has 0 amide bonds. The number of nitrogens with one attached hydrogen (secondary N) is 2. The Kier molecular flexibility index (Phi) is 4.92. The van der Waals surface area contributed by atoms with Crippen LogP contribution in [0.3, 0.4) is 0 Å². The number of sulfonamides is 1. The van der Waals surface area contributed by atoms with E-state index in [2.05, 4.69) is 15.0 Å². The van der Waals surface area contributed by atoms with E-state index in [9.17, 15) is 12.8 Å². The van der Waals surface area contributed by atoms with E-state index < -0.39 is 15.8 Å². The van der Waals surface area contributed by atoms with Crippen molar-refractivity contribution in [1.29, 1.82) is 0 Å². The van der Waals surface area contributed by atoms with Gasteiger partial charge in [-0.25, -0.2) is 17.8 Å².